The molecule has 2 aromatic heterocycles. The molecule has 0 aliphatic carbocycles. The molecule has 0 saturated heterocycles. The number of pyridine rings is 1. The van der Waals surface area contributed by atoms with Gasteiger partial charge in [-0.3, -0.25) is 4.79 Å². The molecule has 1 aliphatic heterocycles. The van der Waals surface area contributed by atoms with E-state index in [0.29, 0.717) is 29.6 Å². The highest BCUT2D eigenvalue weighted by molar-refractivity contribution is 14.1. The minimum atomic E-state index is -0.158. The van der Waals surface area contributed by atoms with Gasteiger partial charge in [0.1, 0.15) is 11.5 Å². The van der Waals surface area contributed by atoms with E-state index in [4.69, 9.17) is 9.72 Å². The summed E-state index contributed by atoms with van der Waals surface area (Å²) < 4.78 is 6.71. The number of aromatic nitrogens is 3. The van der Waals surface area contributed by atoms with Crippen LogP contribution in [-0.2, 0) is 0 Å². The normalized spacial score (nSPS) is 16.2. The number of anilines is 1. The van der Waals surface area contributed by atoms with Crippen LogP contribution in [0.1, 0.15) is 44.8 Å². The van der Waals surface area contributed by atoms with E-state index in [1.54, 1.807) is 11.2 Å². The highest BCUT2D eigenvalue weighted by Crippen LogP contribution is 2.33. The Morgan fingerprint density at radius 1 is 1.36 bits per heavy atom. The van der Waals surface area contributed by atoms with Crippen molar-refractivity contribution in [3.05, 3.63) is 31.9 Å². The van der Waals surface area contributed by atoms with Crippen LogP contribution < -0.4 is 20.7 Å². The van der Waals surface area contributed by atoms with Crippen molar-refractivity contribution in [2.45, 2.75) is 39.2 Å². The zero-order chi connectivity index (χ0) is 18.0. The number of H-pyrrole nitrogens is 1. The minimum absolute atomic E-state index is 0.0433. The lowest BCUT2D eigenvalue weighted by Gasteiger charge is -2.12. The number of ether oxygens (including phenoxy) is 1. The molecule has 1 atom stereocenters. The first-order chi connectivity index (χ1) is 12.0. The van der Waals surface area contributed by atoms with Gasteiger partial charge in [0, 0.05) is 16.8 Å². The number of hydrogen-bond donors (Lipinski definition) is 2. The van der Waals surface area contributed by atoms with Crippen LogP contribution in [0.15, 0.2) is 17.1 Å². The van der Waals surface area contributed by atoms with E-state index < -0.39 is 0 Å². The molecule has 3 heterocycles. The number of nitrogens with zero attached hydrogens (tertiary/aromatic N) is 3. The maximum Gasteiger partial charge on any atom is 0.276 e. The molecule has 0 saturated carbocycles. The molecule has 7 nitrogen and oxygen atoms in total. The fraction of sp³-hybridized carbons (Fsp3) is 0.471. The molecule has 2 aromatic rings. The van der Waals surface area contributed by atoms with Crippen molar-refractivity contribution in [1.29, 1.82) is 0 Å². The van der Waals surface area contributed by atoms with Crippen molar-refractivity contribution in [3.8, 4) is 17.3 Å². The largest absolute Gasteiger partial charge is 0.477 e. The summed E-state index contributed by atoms with van der Waals surface area (Å²) in [6.45, 7) is 4.73. The third-order valence-electron chi connectivity index (χ3n) is 4.03. The van der Waals surface area contributed by atoms with Crippen molar-refractivity contribution in [3.63, 3.8) is 0 Å². The standard InChI is InChI=1S/C17H22IN5O2/c1-4-6-12-13-14(23(3)22-12)16(24)21-15(20-13)11-8-10(18)9-19-17(11)25-7-5-2/h8-9,12,22H,4-7H2,1-3H3,(H,20,21,24). The summed E-state index contributed by atoms with van der Waals surface area (Å²) in [5.41, 5.74) is 5.22. The molecule has 134 valence electrons. The first-order valence-corrected chi connectivity index (χ1v) is 9.55. The molecule has 2 N–H and O–H groups in total. The first-order valence-electron chi connectivity index (χ1n) is 8.48. The fourth-order valence-corrected chi connectivity index (χ4v) is 3.39. The number of nitrogens with one attached hydrogen (secondary N) is 2. The van der Waals surface area contributed by atoms with Gasteiger partial charge >= 0.3 is 0 Å². The molecule has 0 radical (unpaired) electrons. The van der Waals surface area contributed by atoms with Crippen molar-refractivity contribution >= 4 is 28.3 Å². The average Bonchev–Trinajstić information content (AvgIpc) is 2.90. The monoisotopic (exact) mass is 455 g/mol. The Hall–Kier alpha value is -1.68. The second-order valence-corrected chi connectivity index (χ2v) is 7.28. The molecule has 0 bridgehead atoms. The third kappa shape index (κ3) is 3.64. The van der Waals surface area contributed by atoms with E-state index >= 15 is 0 Å². The Morgan fingerprint density at radius 2 is 2.16 bits per heavy atom. The van der Waals surface area contributed by atoms with Gasteiger partial charge in [-0.1, -0.05) is 20.3 Å². The third-order valence-corrected chi connectivity index (χ3v) is 4.62. The highest BCUT2D eigenvalue weighted by atomic mass is 127. The SMILES string of the molecule is CCCOc1ncc(I)cc1-c1nc2c(c(=O)[nH]1)N(C)NC2CCC. The summed E-state index contributed by atoms with van der Waals surface area (Å²) in [5.74, 6) is 0.996. The van der Waals surface area contributed by atoms with Crippen molar-refractivity contribution in [2.24, 2.45) is 0 Å². The molecule has 25 heavy (non-hydrogen) atoms. The Bertz CT molecular complexity index is 823. The smallest absolute Gasteiger partial charge is 0.276 e. The Labute approximate surface area is 160 Å². The van der Waals surface area contributed by atoms with Gasteiger partial charge in [0.2, 0.25) is 5.88 Å². The summed E-state index contributed by atoms with van der Waals surface area (Å²) in [7, 11) is 1.84. The van der Waals surface area contributed by atoms with Crippen LogP contribution in [0.5, 0.6) is 5.88 Å². The average molecular weight is 455 g/mol. The minimum Gasteiger partial charge on any atom is -0.477 e. The van der Waals surface area contributed by atoms with E-state index in [1.807, 2.05) is 20.0 Å². The van der Waals surface area contributed by atoms with Crippen molar-refractivity contribution in [2.75, 3.05) is 18.7 Å². The van der Waals surface area contributed by atoms with Crippen LogP contribution in [0.4, 0.5) is 5.69 Å². The van der Waals surface area contributed by atoms with E-state index in [-0.39, 0.29) is 11.6 Å². The molecule has 8 heteroatoms. The van der Waals surface area contributed by atoms with Gasteiger partial charge < -0.3 is 14.7 Å². The Balaban J connectivity index is 2.11. The van der Waals surface area contributed by atoms with E-state index in [2.05, 4.69) is 44.9 Å². The number of halogens is 1. The second kappa shape index (κ2) is 7.69. The topological polar surface area (TPSA) is 83.1 Å². The summed E-state index contributed by atoms with van der Waals surface area (Å²) >= 11 is 2.19. The van der Waals surface area contributed by atoms with Crippen LogP contribution in [-0.4, -0.2) is 28.6 Å². The highest BCUT2D eigenvalue weighted by Gasteiger charge is 2.31. The quantitative estimate of drug-likeness (QED) is 0.652. The molecule has 1 unspecified atom stereocenters. The van der Waals surface area contributed by atoms with Gasteiger partial charge in [0.25, 0.3) is 5.56 Å². The molecule has 0 spiro atoms. The summed E-state index contributed by atoms with van der Waals surface area (Å²) in [6.07, 6.45) is 4.55. The second-order valence-electron chi connectivity index (χ2n) is 6.03. The van der Waals surface area contributed by atoms with Crippen LogP contribution >= 0.6 is 22.6 Å². The lowest BCUT2D eigenvalue weighted by Crippen LogP contribution is -2.32. The zero-order valence-corrected chi connectivity index (χ0v) is 16.8. The summed E-state index contributed by atoms with van der Waals surface area (Å²) in [6, 6.07) is 1.98. The molecule has 0 aromatic carbocycles. The molecule has 0 amide bonds. The molecule has 3 rings (SSSR count). The van der Waals surface area contributed by atoms with Crippen LogP contribution in [0.2, 0.25) is 0 Å². The Morgan fingerprint density at radius 3 is 2.88 bits per heavy atom. The molecule has 0 fully saturated rings. The first kappa shape index (κ1) is 18.1. The van der Waals surface area contributed by atoms with Gasteiger partial charge in [-0.15, -0.1) is 0 Å². The number of rotatable bonds is 6. The molecular weight excluding hydrogens is 433 g/mol. The van der Waals surface area contributed by atoms with Gasteiger partial charge in [-0.05, 0) is 41.5 Å². The van der Waals surface area contributed by atoms with Gasteiger partial charge in [0.15, 0.2) is 0 Å². The van der Waals surface area contributed by atoms with Gasteiger partial charge in [0.05, 0.1) is 23.9 Å². The van der Waals surface area contributed by atoms with E-state index in [9.17, 15) is 4.79 Å². The number of fused-ring (bicyclic) bond motifs is 1. The van der Waals surface area contributed by atoms with Crippen molar-refractivity contribution < 1.29 is 4.74 Å². The number of aromatic amines is 1. The molecule has 1 aliphatic rings. The van der Waals surface area contributed by atoms with Crippen LogP contribution in [0.3, 0.4) is 0 Å². The van der Waals surface area contributed by atoms with Crippen LogP contribution in [0, 0.1) is 3.57 Å². The number of hydrogen-bond acceptors (Lipinski definition) is 6. The lowest BCUT2D eigenvalue weighted by molar-refractivity contribution is 0.306. The summed E-state index contributed by atoms with van der Waals surface area (Å²) in [5, 5.41) is 1.76. The van der Waals surface area contributed by atoms with E-state index in [0.717, 1.165) is 28.5 Å². The number of hydrazine groups is 1. The maximum absolute atomic E-state index is 12.6. The zero-order valence-electron chi connectivity index (χ0n) is 14.6. The fourth-order valence-electron chi connectivity index (χ4n) is 2.94. The predicted molar refractivity (Wildman–Crippen MR) is 106 cm³/mol. The van der Waals surface area contributed by atoms with E-state index in [1.165, 1.54) is 0 Å². The lowest BCUT2D eigenvalue weighted by atomic mass is 10.1. The van der Waals surface area contributed by atoms with Crippen molar-refractivity contribution in [1.82, 2.24) is 20.4 Å². The Kier molecular flexibility index (Phi) is 5.57. The van der Waals surface area contributed by atoms with Crippen LogP contribution in [0.25, 0.3) is 11.4 Å². The van der Waals surface area contributed by atoms with Gasteiger partial charge in [-0.25, -0.2) is 15.4 Å². The maximum atomic E-state index is 12.6. The predicted octanol–water partition coefficient (Wildman–Crippen LogP) is 3.02. The van der Waals surface area contributed by atoms with Gasteiger partial charge in [-0.2, -0.15) is 0 Å². The molecular formula is C17H22IN5O2. The summed E-state index contributed by atoms with van der Waals surface area (Å²) in [4.78, 5) is 24.7.